The molecular formula is C12H18ClN3O2. The van der Waals surface area contributed by atoms with Gasteiger partial charge in [-0.1, -0.05) is 11.6 Å². The number of ether oxygens (including phenoxy) is 2. The molecule has 100 valence electrons. The Kier molecular flexibility index (Phi) is 4.74. The van der Waals surface area contributed by atoms with E-state index in [1.54, 1.807) is 20.3 Å². The van der Waals surface area contributed by atoms with Crippen molar-refractivity contribution >= 4 is 17.4 Å². The van der Waals surface area contributed by atoms with Crippen LogP contribution in [0.3, 0.4) is 0 Å². The lowest BCUT2D eigenvalue weighted by molar-refractivity contribution is 0.0891. The van der Waals surface area contributed by atoms with E-state index >= 15 is 0 Å². The molecule has 1 atom stereocenters. The average Bonchev–Trinajstić information content (AvgIpc) is 2.38. The van der Waals surface area contributed by atoms with E-state index < -0.39 is 0 Å². The molecule has 18 heavy (non-hydrogen) atoms. The van der Waals surface area contributed by atoms with E-state index in [1.165, 1.54) is 0 Å². The van der Waals surface area contributed by atoms with Crippen molar-refractivity contribution in [3.8, 4) is 0 Å². The second kappa shape index (κ2) is 6.31. The summed E-state index contributed by atoms with van der Waals surface area (Å²) in [6.07, 6.45) is 2.45. The predicted octanol–water partition coefficient (Wildman–Crippen LogP) is 1.89. The molecule has 6 heteroatoms. The molecule has 0 aliphatic carbocycles. The molecule has 5 nitrogen and oxygen atoms in total. The molecule has 0 spiro atoms. The summed E-state index contributed by atoms with van der Waals surface area (Å²) in [6, 6.07) is 1.79. The van der Waals surface area contributed by atoms with E-state index in [1.807, 2.05) is 0 Å². The Bertz CT molecular complexity index is 403. The summed E-state index contributed by atoms with van der Waals surface area (Å²) in [5.41, 5.74) is 0. The zero-order valence-corrected chi connectivity index (χ0v) is 11.5. The lowest BCUT2D eigenvalue weighted by Crippen LogP contribution is -2.39. The van der Waals surface area contributed by atoms with E-state index in [2.05, 4.69) is 14.9 Å². The van der Waals surface area contributed by atoms with E-state index in [0.717, 1.165) is 31.7 Å². The van der Waals surface area contributed by atoms with Crippen molar-refractivity contribution in [2.75, 3.05) is 32.2 Å². The Hall–Kier alpha value is -0.910. The number of piperidine rings is 1. The monoisotopic (exact) mass is 271 g/mol. The number of halogens is 1. The van der Waals surface area contributed by atoms with Gasteiger partial charge >= 0.3 is 0 Å². The number of nitrogens with zero attached hydrogens (tertiary/aromatic N) is 3. The van der Waals surface area contributed by atoms with E-state index in [-0.39, 0.29) is 6.10 Å². The van der Waals surface area contributed by atoms with E-state index in [4.69, 9.17) is 21.1 Å². The van der Waals surface area contributed by atoms with Crippen molar-refractivity contribution in [2.45, 2.75) is 25.6 Å². The van der Waals surface area contributed by atoms with Gasteiger partial charge in [0.05, 0.1) is 6.10 Å². The molecule has 1 aliphatic rings. The highest BCUT2D eigenvalue weighted by Crippen LogP contribution is 2.21. The lowest BCUT2D eigenvalue weighted by Gasteiger charge is -2.32. The van der Waals surface area contributed by atoms with Crippen LogP contribution in [0.1, 0.15) is 18.7 Å². The zero-order chi connectivity index (χ0) is 13.0. The minimum Gasteiger partial charge on any atom is -0.380 e. The van der Waals surface area contributed by atoms with Gasteiger partial charge in [-0.25, -0.2) is 9.97 Å². The van der Waals surface area contributed by atoms with Gasteiger partial charge in [0.25, 0.3) is 0 Å². The Morgan fingerprint density at radius 3 is 3.00 bits per heavy atom. The van der Waals surface area contributed by atoms with Crippen LogP contribution < -0.4 is 4.90 Å². The molecule has 2 rings (SSSR count). The van der Waals surface area contributed by atoms with Gasteiger partial charge in [0.2, 0.25) is 0 Å². The Morgan fingerprint density at radius 1 is 1.44 bits per heavy atom. The highest BCUT2D eigenvalue weighted by atomic mass is 35.5. The lowest BCUT2D eigenvalue weighted by atomic mass is 10.1. The van der Waals surface area contributed by atoms with Crippen LogP contribution in [-0.2, 0) is 16.1 Å². The first kappa shape index (κ1) is 13.5. The van der Waals surface area contributed by atoms with Crippen LogP contribution in [0.2, 0.25) is 5.15 Å². The van der Waals surface area contributed by atoms with E-state index in [9.17, 15) is 0 Å². The Labute approximate surface area is 112 Å². The van der Waals surface area contributed by atoms with Gasteiger partial charge in [-0.05, 0) is 12.8 Å². The van der Waals surface area contributed by atoms with Crippen molar-refractivity contribution in [1.29, 1.82) is 0 Å². The number of methoxy groups -OCH3 is 2. The van der Waals surface area contributed by atoms with Crippen LogP contribution in [0, 0.1) is 0 Å². The molecule has 0 N–H and O–H groups in total. The maximum absolute atomic E-state index is 6.01. The summed E-state index contributed by atoms with van der Waals surface area (Å²) >= 11 is 6.01. The van der Waals surface area contributed by atoms with Gasteiger partial charge in [0, 0.05) is 33.4 Å². The SMILES string of the molecule is COCc1nc(Cl)cc(N2CCCC(OC)C2)n1. The second-order valence-electron chi connectivity index (χ2n) is 4.34. The standard InChI is InChI=1S/C12H18ClN3O2/c1-17-8-11-14-10(13)6-12(15-11)16-5-3-4-9(7-16)18-2/h6,9H,3-5,7-8H2,1-2H3. The molecule has 0 bridgehead atoms. The van der Waals surface area contributed by atoms with Crippen molar-refractivity contribution in [3.63, 3.8) is 0 Å². The van der Waals surface area contributed by atoms with Crippen molar-refractivity contribution in [2.24, 2.45) is 0 Å². The van der Waals surface area contributed by atoms with Gasteiger partial charge in [-0.15, -0.1) is 0 Å². The molecule has 0 amide bonds. The fourth-order valence-corrected chi connectivity index (χ4v) is 2.34. The predicted molar refractivity (Wildman–Crippen MR) is 70.0 cm³/mol. The van der Waals surface area contributed by atoms with Crippen molar-refractivity contribution < 1.29 is 9.47 Å². The van der Waals surface area contributed by atoms with Gasteiger partial charge < -0.3 is 14.4 Å². The summed E-state index contributed by atoms with van der Waals surface area (Å²) in [5, 5.41) is 0.451. The first-order chi connectivity index (χ1) is 8.72. The molecule has 0 radical (unpaired) electrons. The first-order valence-electron chi connectivity index (χ1n) is 6.03. The minimum absolute atomic E-state index is 0.262. The van der Waals surface area contributed by atoms with Gasteiger partial charge in [0.1, 0.15) is 17.6 Å². The molecular weight excluding hydrogens is 254 g/mol. The van der Waals surface area contributed by atoms with Gasteiger partial charge in [-0.2, -0.15) is 0 Å². The van der Waals surface area contributed by atoms with Crippen LogP contribution in [0.4, 0.5) is 5.82 Å². The normalized spacial score (nSPS) is 20.2. The highest BCUT2D eigenvalue weighted by molar-refractivity contribution is 6.29. The third-order valence-corrected chi connectivity index (χ3v) is 3.23. The summed E-state index contributed by atoms with van der Waals surface area (Å²) < 4.78 is 10.4. The largest absolute Gasteiger partial charge is 0.380 e. The van der Waals surface area contributed by atoms with Crippen molar-refractivity contribution in [3.05, 3.63) is 17.0 Å². The quantitative estimate of drug-likeness (QED) is 0.783. The average molecular weight is 272 g/mol. The Balaban J connectivity index is 2.16. The van der Waals surface area contributed by atoms with Crippen LogP contribution in [0.15, 0.2) is 6.07 Å². The number of hydrogen-bond donors (Lipinski definition) is 0. The fourth-order valence-electron chi connectivity index (χ4n) is 2.15. The van der Waals surface area contributed by atoms with Gasteiger partial charge in [0.15, 0.2) is 5.82 Å². The minimum atomic E-state index is 0.262. The molecule has 0 aromatic carbocycles. The topological polar surface area (TPSA) is 47.5 Å². The van der Waals surface area contributed by atoms with Gasteiger partial charge in [-0.3, -0.25) is 0 Å². The molecule has 1 aromatic rings. The molecule has 1 aromatic heterocycles. The number of anilines is 1. The van der Waals surface area contributed by atoms with E-state index in [0.29, 0.717) is 17.6 Å². The third-order valence-electron chi connectivity index (χ3n) is 3.04. The maximum atomic E-state index is 6.01. The molecule has 2 heterocycles. The molecule has 1 fully saturated rings. The third kappa shape index (κ3) is 3.31. The van der Waals surface area contributed by atoms with Crippen LogP contribution in [0.5, 0.6) is 0 Å². The maximum Gasteiger partial charge on any atom is 0.158 e. The summed E-state index contributed by atoms with van der Waals surface area (Å²) in [4.78, 5) is 10.8. The zero-order valence-electron chi connectivity index (χ0n) is 10.7. The van der Waals surface area contributed by atoms with Crippen molar-refractivity contribution in [1.82, 2.24) is 9.97 Å². The summed E-state index contributed by atoms with van der Waals surface area (Å²) in [7, 11) is 3.36. The Morgan fingerprint density at radius 2 is 2.28 bits per heavy atom. The summed E-state index contributed by atoms with van der Waals surface area (Å²) in [5.74, 6) is 1.46. The molecule has 0 saturated carbocycles. The molecule has 1 saturated heterocycles. The fraction of sp³-hybridized carbons (Fsp3) is 0.667. The number of hydrogen-bond acceptors (Lipinski definition) is 5. The summed E-state index contributed by atoms with van der Waals surface area (Å²) in [6.45, 7) is 2.19. The number of rotatable bonds is 4. The van der Waals surface area contributed by atoms with Crippen LogP contribution in [0.25, 0.3) is 0 Å². The smallest absolute Gasteiger partial charge is 0.158 e. The highest BCUT2D eigenvalue weighted by Gasteiger charge is 2.21. The van der Waals surface area contributed by atoms with Crippen LogP contribution >= 0.6 is 11.6 Å². The first-order valence-corrected chi connectivity index (χ1v) is 6.41. The second-order valence-corrected chi connectivity index (χ2v) is 4.73. The molecule has 1 aliphatic heterocycles. The van der Waals surface area contributed by atoms with Crippen LogP contribution in [-0.4, -0.2) is 43.4 Å². The molecule has 1 unspecified atom stereocenters. The number of aromatic nitrogens is 2.